The summed E-state index contributed by atoms with van der Waals surface area (Å²) in [7, 11) is 1.60. The number of nitrogens with one attached hydrogen (secondary N) is 1. The first kappa shape index (κ1) is 19.5. The molecule has 1 aliphatic heterocycles. The Morgan fingerprint density at radius 2 is 1.90 bits per heavy atom. The quantitative estimate of drug-likeness (QED) is 0.640. The summed E-state index contributed by atoms with van der Waals surface area (Å²) in [6.45, 7) is 6.33. The van der Waals surface area contributed by atoms with E-state index in [9.17, 15) is 4.79 Å². The van der Waals surface area contributed by atoms with Gasteiger partial charge in [-0.25, -0.2) is 4.98 Å². The molecule has 0 saturated heterocycles. The van der Waals surface area contributed by atoms with Crippen molar-refractivity contribution in [3.8, 4) is 5.88 Å². The van der Waals surface area contributed by atoms with E-state index in [1.165, 1.54) is 0 Å². The molecule has 7 heteroatoms. The Labute approximate surface area is 174 Å². The predicted molar refractivity (Wildman–Crippen MR) is 115 cm³/mol. The molecule has 1 aromatic carbocycles. The van der Waals surface area contributed by atoms with Gasteiger partial charge in [0.05, 0.1) is 13.2 Å². The van der Waals surface area contributed by atoms with E-state index in [2.05, 4.69) is 36.0 Å². The van der Waals surface area contributed by atoms with Gasteiger partial charge in [0.1, 0.15) is 0 Å². The number of hydrogen-bond acceptors (Lipinski definition) is 5. The van der Waals surface area contributed by atoms with Crippen LogP contribution in [0.4, 0.5) is 5.69 Å². The maximum absolute atomic E-state index is 13.5. The van der Waals surface area contributed by atoms with Crippen LogP contribution in [0.15, 0.2) is 47.5 Å². The monoisotopic (exact) mass is 408 g/mol. The lowest BCUT2D eigenvalue weighted by Gasteiger charge is -2.29. The Bertz CT molecular complexity index is 1050. The highest BCUT2D eigenvalue weighted by molar-refractivity contribution is 7.98. The average molecular weight is 409 g/mol. The number of aromatic nitrogens is 3. The second kappa shape index (κ2) is 7.22. The van der Waals surface area contributed by atoms with Crippen molar-refractivity contribution in [2.45, 2.75) is 37.1 Å². The number of carbonyl (C=O) groups is 1. The van der Waals surface area contributed by atoms with E-state index in [0.717, 1.165) is 27.4 Å². The van der Waals surface area contributed by atoms with Gasteiger partial charge >= 0.3 is 0 Å². The van der Waals surface area contributed by atoms with E-state index < -0.39 is 0 Å². The van der Waals surface area contributed by atoms with E-state index in [0.29, 0.717) is 11.6 Å². The molecule has 0 aliphatic carbocycles. The van der Waals surface area contributed by atoms with Crippen LogP contribution in [0.25, 0.3) is 0 Å². The summed E-state index contributed by atoms with van der Waals surface area (Å²) in [6.07, 6.45) is 3.72. The fraction of sp³-hybridized carbons (Fsp3) is 0.318. The van der Waals surface area contributed by atoms with Crippen LogP contribution in [0.5, 0.6) is 5.88 Å². The summed E-state index contributed by atoms with van der Waals surface area (Å²) in [4.78, 5) is 20.8. The van der Waals surface area contributed by atoms with Crippen molar-refractivity contribution in [3.63, 3.8) is 0 Å². The lowest BCUT2D eigenvalue weighted by atomic mass is 9.86. The largest absolute Gasteiger partial charge is 0.481 e. The van der Waals surface area contributed by atoms with E-state index in [1.807, 2.05) is 42.7 Å². The number of benzene rings is 1. The normalized spacial score (nSPS) is 16.2. The molecule has 0 saturated carbocycles. The molecule has 29 heavy (non-hydrogen) atoms. The Hall–Kier alpha value is -2.80. The van der Waals surface area contributed by atoms with Crippen molar-refractivity contribution in [3.05, 3.63) is 65.1 Å². The van der Waals surface area contributed by atoms with Crippen molar-refractivity contribution in [2.24, 2.45) is 0 Å². The number of aromatic amines is 1. The van der Waals surface area contributed by atoms with Crippen molar-refractivity contribution >= 4 is 23.4 Å². The molecular formula is C22H24N4O2S. The maximum Gasteiger partial charge on any atom is 0.280 e. The number of pyridine rings is 1. The van der Waals surface area contributed by atoms with Gasteiger partial charge in [0.15, 0.2) is 5.69 Å². The molecule has 1 amide bonds. The minimum atomic E-state index is -0.366. The van der Waals surface area contributed by atoms with Crippen molar-refractivity contribution in [2.75, 3.05) is 18.3 Å². The van der Waals surface area contributed by atoms with Gasteiger partial charge in [-0.15, -0.1) is 11.8 Å². The fourth-order valence-corrected chi connectivity index (χ4v) is 4.21. The Morgan fingerprint density at radius 1 is 1.17 bits per heavy atom. The molecule has 1 aliphatic rings. The lowest BCUT2D eigenvalue weighted by molar-refractivity contribution is 0.0988. The number of nitrogens with zero attached hydrogens (tertiary/aromatic N) is 3. The number of thioether (sulfide) groups is 1. The van der Waals surface area contributed by atoms with Gasteiger partial charge in [0.2, 0.25) is 5.88 Å². The number of fused-ring (bicyclic) bond motifs is 1. The molecule has 0 fully saturated rings. The lowest BCUT2D eigenvalue weighted by Crippen LogP contribution is -2.30. The highest BCUT2D eigenvalue weighted by Crippen LogP contribution is 2.46. The standard InChI is InChI=1S/C22H24N4O2S/c1-22(2,3)19-16-17(24-25-19)21(27)26(13-8-10-14(29-5)11-9-13)18(16)15-7-6-12-23-20(15)28-4/h6-12,18H,1-5H3,(H,24,25)/t18-/m1/s1. The third-order valence-corrected chi connectivity index (χ3v) is 5.89. The second-order valence-corrected chi connectivity index (χ2v) is 8.87. The van der Waals surface area contributed by atoms with Gasteiger partial charge in [0, 0.05) is 39.0 Å². The number of carbonyl (C=O) groups excluding carboxylic acids is 1. The minimum Gasteiger partial charge on any atom is -0.481 e. The number of hydrogen-bond donors (Lipinski definition) is 1. The molecule has 1 atom stereocenters. The topological polar surface area (TPSA) is 71.1 Å². The number of H-pyrrole nitrogens is 1. The Balaban J connectivity index is 1.95. The third-order valence-electron chi connectivity index (χ3n) is 5.15. The van der Waals surface area contributed by atoms with Crippen molar-refractivity contribution in [1.29, 1.82) is 0 Å². The zero-order valence-corrected chi connectivity index (χ0v) is 18.0. The van der Waals surface area contributed by atoms with Crippen LogP contribution in [0.1, 0.15) is 54.1 Å². The molecule has 2 aromatic heterocycles. The van der Waals surface area contributed by atoms with Crippen LogP contribution in [-0.4, -0.2) is 34.5 Å². The molecule has 0 radical (unpaired) electrons. The Morgan fingerprint density at radius 3 is 2.52 bits per heavy atom. The van der Waals surface area contributed by atoms with Gasteiger partial charge in [-0.2, -0.15) is 5.10 Å². The minimum absolute atomic E-state index is 0.125. The molecule has 3 heterocycles. The molecule has 1 N–H and O–H groups in total. The molecule has 3 aromatic rings. The van der Waals surface area contributed by atoms with Gasteiger partial charge in [-0.1, -0.05) is 20.8 Å². The number of rotatable bonds is 4. The van der Waals surface area contributed by atoms with E-state index in [-0.39, 0.29) is 17.4 Å². The van der Waals surface area contributed by atoms with E-state index in [4.69, 9.17) is 4.74 Å². The summed E-state index contributed by atoms with van der Waals surface area (Å²) in [5.74, 6) is 0.379. The predicted octanol–water partition coefficient (Wildman–Crippen LogP) is 4.58. The highest BCUT2D eigenvalue weighted by atomic mass is 32.2. The fourth-order valence-electron chi connectivity index (χ4n) is 3.80. The zero-order chi connectivity index (χ0) is 20.8. The second-order valence-electron chi connectivity index (χ2n) is 7.99. The molecular weight excluding hydrogens is 384 g/mol. The van der Waals surface area contributed by atoms with Crippen LogP contribution in [0.3, 0.4) is 0 Å². The molecule has 6 nitrogen and oxygen atoms in total. The summed E-state index contributed by atoms with van der Waals surface area (Å²) >= 11 is 1.67. The number of amides is 1. The number of anilines is 1. The average Bonchev–Trinajstić information content (AvgIpc) is 3.27. The van der Waals surface area contributed by atoms with E-state index in [1.54, 1.807) is 30.0 Å². The molecule has 0 unspecified atom stereocenters. The summed E-state index contributed by atoms with van der Waals surface area (Å²) in [5.41, 5.74) is 3.75. The van der Waals surface area contributed by atoms with Crippen LogP contribution in [-0.2, 0) is 5.41 Å². The summed E-state index contributed by atoms with van der Waals surface area (Å²) < 4.78 is 5.55. The van der Waals surface area contributed by atoms with Crippen LogP contribution in [0, 0.1) is 0 Å². The van der Waals surface area contributed by atoms with E-state index >= 15 is 0 Å². The van der Waals surface area contributed by atoms with Gasteiger partial charge in [-0.05, 0) is 42.7 Å². The van der Waals surface area contributed by atoms with Gasteiger partial charge in [-0.3, -0.25) is 14.8 Å². The van der Waals surface area contributed by atoms with Crippen molar-refractivity contribution < 1.29 is 9.53 Å². The van der Waals surface area contributed by atoms with Gasteiger partial charge < -0.3 is 4.74 Å². The maximum atomic E-state index is 13.5. The molecule has 0 bridgehead atoms. The first-order valence-electron chi connectivity index (χ1n) is 9.42. The van der Waals surface area contributed by atoms with Crippen LogP contribution in [0.2, 0.25) is 0 Å². The first-order valence-corrected chi connectivity index (χ1v) is 10.6. The zero-order valence-electron chi connectivity index (χ0n) is 17.2. The molecule has 4 rings (SSSR count). The molecule has 150 valence electrons. The summed E-state index contributed by atoms with van der Waals surface area (Å²) in [5, 5.41) is 7.52. The van der Waals surface area contributed by atoms with Crippen molar-refractivity contribution in [1.82, 2.24) is 15.2 Å². The number of methoxy groups -OCH3 is 1. The van der Waals surface area contributed by atoms with Crippen LogP contribution >= 0.6 is 11.8 Å². The van der Waals surface area contributed by atoms with Crippen LogP contribution < -0.4 is 9.64 Å². The SMILES string of the molecule is COc1ncccc1[C@@H]1c2c(n[nH]c2C(C)(C)C)C(=O)N1c1ccc(SC)cc1. The smallest absolute Gasteiger partial charge is 0.280 e. The number of ether oxygens (including phenoxy) is 1. The van der Waals surface area contributed by atoms with Gasteiger partial charge in [0.25, 0.3) is 5.91 Å². The molecule has 0 spiro atoms. The first-order chi connectivity index (χ1) is 13.9. The third kappa shape index (κ3) is 3.19. The highest BCUT2D eigenvalue weighted by Gasteiger charge is 2.46. The Kier molecular flexibility index (Phi) is 4.86. The summed E-state index contributed by atoms with van der Waals surface area (Å²) in [6, 6.07) is 11.5.